The topological polar surface area (TPSA) is 122 Å². The van der Waals surface area contributed by atoms with Gasteiger partial charge in [-0.25, -0.2) is 9.37 Å². The molecule has 0 spiro atoms. The molecule has 1 aliphatic rings. The molecule has 1 fully saturated rings. The summed E-state index contributed by atoms with van der Waals surface area (Å²) >= 11 is 1.51. The first-order chi connectivity index (χ1) is 16.1. The second-order valence-electron chi connectivity index (χ2n) is 7.64. The molecule has 0 saturated heterocycles. The van der Waals surface area contributed by atoms with Crippen molar-refractivity contribution in [3.05, 3.63) is 69.4 Å². The Balaban J connectivity index is 1.32. The van der Waals surface area contributed by atoms with Crippen molar-refractivity contribution in [2.24, 2.45) is 0 Å². The highest BCUT2D eigenvalue weighted by Gasteiger charge is 2.21. The Morgan fingerprint density at radius 1 is 1.21 bits per heavy atom. The van der Waals surface area contributed by atoms with Gasteiger partial charge in [0.2, 0.25) is 5.82 Å². The largest absolute Gasteiger partial charge is 0.398 e. The standard InChI is InChI=1S/C23H18FN7OS/c24-17-8-4-13(5-9-21-26-20(12-33-21)14-2-1-3-14)10-19(17)27-23(32)16-7-6-15(11-18(16)25)22-28-30-31-29-22/h4,6-8,10-12,14H,1-3,25H2,(H,27,32)(H,28,29,30,31). The molecule has 2 aromatic carbocycles. The van der Waals surface area contributed by atoms with Crippen LogP contribution in [0.25, 0.3) is 11.4 Å². The lowest BCUT2D eigenvalue weighted by atomic mass is 9.83. The maximum Gasteiger partial charge on any atom is 0.257 e. The number of nitrogens with two attached hydrogens (primary N) is 1. The molecule has 0 aliphatic heterocycles. The van der Waals surface area contributed by atoms with Crippen LogP contribution in [0.5, 0.6) is 0 Å². The molecule has 33 heavy (non-hydrogen) atoms. The third kappa shape index (κ3) is 4.44. The second-order valence-corrected chi connectivity index (χ2v) is 8.50. The van der Waals surface area contributed by atoms with E-state index in [4.69, 9.17) is 5.73 Å². The lowest BCUT2D eigenvalue weighted by molar-refractivity contribution is 0.102. The van der Waals surface area contributed by atoms with Gasteiger partial charge in [-0.15, -0.1) is 21.5 Å². The van der Waals surface area contributed by atoms with E-state index in [2.05, 4.69) is 48.1 Å². The number of H-pyrrole nitrogens is 1. The summed E-state index contributed by atoms with van der Waals surface area (Å²) in [6.45, 7) is 0. The van der Waals surface area contributed by atoms with Gasteiger partial charge in [0, 0.05) is 28.1 Å². The number of carbonyl (C=O) groups is 1. The first kappa shape index (κ1) is 20.8. The van der Waals surface area contributed by atoms with Crippen molar-refractivity contribution in [3.63, 3.8) is 0 Å². The normalized spacial score (nSPS) is 13.1. The number of nitrogen functional groups attached to an aromatic ring is 1. The zero-order valence-corrected chi connectivity index (χ0v) is 18.1. The van der Waals surface area contributed by atoms with E-state index in [0.717, 1.165) is 10.7 Å². The minimum Gasteiger partial charge on any atom is -0.398 e. The number of rotatable bonds is 4. The molecule has 4 N–H and O–H groups in total. The number of thiazole rings is 1. The van der Waals surface area contributed by atoms with Gasteiger partial charge in [0.15, 0.2) is 5.01 Å². The Hall–Kier alpha value is -4.10. The predicted octanol–water partition coefficient (Wildman–Crippen LogP) is 3.96. The molecule has 5 rings (SSSR count). The van der Waals surface area contributed by atoms with Crippen molar-refractivity contribution < 1.29 is 9.18 Å². The summed E-state index contributed by atoms with van der Waals surface area (Å²) in [7, 11) is 0. The van der Waals surface area contributed by atoms with E-state index >= 15 is 0 Å². The number of aromatic nitrogens is 5. The van der Waals surface area contributed by atoms with Crippen molar-refractivity contribution in [2.45, 2.75) is 25.2 Å². The van der Waals surface area contributed by atoms with Gasteiger partial charge in [0.05, 0.1) is 16.9 Å². The Morgan fingerprint density at radius 3 is 2.82 bits per heavy atom. The fraction of sp³-hybridized carbons (Fsp3) is 0.174. The van der Waals surface area contributed by atoms with Crippen LogP contribution in [0.1, 0.15) is 51.8 Å². The molecule has 0 atom stereocenters. The number of aromatic amines is 1. The van der Waals surface area contributed by atoms with Crippen LogP contribution in [0.4, 0.5) is 15.8 Å². The number of carbonyl (C=O) groups excluding carboxylic acids is 1. The minimum atomic E-state index is -0.572. The number of anilines is 2. The first-order valence-corrected chi connectivity index (χ1v) is 11.2. The molecule has 164 valence electrons. The Kier molecular flexibility index (Phi) is 5.54. The predicted molar refractivity (Wildman–Crippen MR) is 123 cm³/mol. The molecule has 10 heteroatoms. The van der Waals surface area contributed by atoms with E-state index < -0.39 is 11.7 Å². The summed E-state index contributed by atoms with van der Waals surface area (Å²) in [6, 6.07) is 9.05. The van der Waals surface area contributed by atoms with Crippen LogP contribution in [0.3, 0.4) is 0 Å². The molecule has 1 saturated carbocycles. The maximum absolute atomic E-state index is 14.4. The maximum atomic E-state index is 14.4. The third-order valence-corrected chi connectivity index (χ3v) is 6.25. The van der Waals surface area contributed by atoms with Crippen LogP contribution in [0.15, 0.2) is 41.8 Å². The summed E-state index contributed by atoms with van der Waals surface area (Å²) in [5.74, 6) is 5.82. The Bertz CT molecular complexity index is 1380. The van der Waals surface area contributed by atoms with Crippen LogP contribution >= 0.6 is 11.3 Å². The van der Waals surface area contributed by atoms with Crippen molar-refractivity contribution >= 4 is 28.6 Å². The molecule has 0 bridgehead atoms. The first-order valence-electron chi connectivity index (χ1n) is 10.3. The number of nitrogens with zero attached hydrogens (tertiary/aromatic N) is 4. The number of hydrogen-bond donors (Lipinski definition) is 3. The number of halogens is 1. The van der Waals surface area contributed by atoms with Gasteiger partial charge in [-0.2, -0.15) is 5.21 Å². The average Bonchev–Trinajstić information content (AvgIpc) is 3.45. The molecule has 1 amide bonds. The highest BCUT2D eigenvalue weighted by molar-refractivity contribution is 7.10. The summed E-state index contributed by atoms with van der Waals surface area (Å²) in [5.41, 5.74) is 8.72. The highest BCUT2D eigenvalue weighted by Crippen LogP contribution is 2.36. The average molecular weight is 460 g/mol. The molecule has 1 aliphatic carbocycles. The smallest absolute Gasteiger partial charge is 0.257 e. The van der Waals surface area contributed by atoms with Crippen LogP contribution < -0.4 is 11.1 Å². The molecular formula is C23H18FN7OS. The quantitative estimate of drug-likeness (QED) is 0.314. The van der Waals surface area contributed by atoms with Crippen LogP contribution in [-0.2, 0) is 0 Å². The van der Waals surface area contributed by atoms with Crippen molar-refractivity contribution in [1.82, 2.24) is 25.6 Å². The van der Waals surface area contributed by atoms with E-state index in [9.17, 15) is 9.18 Å². The number of benzene rings is 2. The van der Waals surface area contributed by atoms with E-state index in [1.54, 1.807) is 18.2 Å². The molecule has 0 unspecified atom stereocenters. The molecule has 0 radical (unpaired) electrons. The van der Waals surface area contributed by atoms with E-state index in [0.29, 0.717) is 22.9 Å². The summed E-state index contributed by atoms with van der Waals surface area (Å²) < 4.78 is 14.4. The zero-order valence-electron chi connectivity index (χ0n) is 17.3. The van der Waals surface area contributed by atoms with Crippen molar-refractivity contribution in [1.29, 1.82) is 0 Å². The molecular weight excluding hydrogens is 441 g/mol. The van der Waals surface area contributed by atoms with Gasteiger partial charge in [-0.3, -0.25) is 4.79 Å². The number of tetrazole rings is 1. The van der Waals surface area contributed by atoms with Crippen LogP contribution in [0, 0.1) is 17.7 Å². The third-order valence-electron chi connectivity index (χ3n) is 5.47. The van der Waals surface area contributed by atoms with Gasteiger partial charge in [-0.1, -0.05) is 18.4 Å². The molecule has 2 heterocycles. The molecule has 8 nitrogen and oxygen atoms in total. The summed E-state index contributed by atoms with van der Waals surface area (Å²) in [6.07, 6.45) is 3.62. The van der Waals surface area contributed by atoms with E-state index in [1.165, 1.54) is 48.8 Å². The van der Waals surface area contributed by atoms with Gasteiger partial charge in [-0.05, 0) is 54.3 Å². The van der Waals surface area contributed by atoms with Crippen molar-refractivity contribution in [3.8, 4) is 23.2 Å². The van der Waals surface area contributed by atoms with Crippen LogP contribution in [0.2, 0.25) is 0 Å². The number of hydrogen-bond acceptors (Lipinski definition) is 7. The minimum absolute atomic E-state index is 0.0164. The van der Waals surface area contributed by atoms with Gasteiger partial charge in [0.1, 0.15) is 5.82 Å². The fourth-order valence-corrected chi connectivity index (χ4v) is 4.19. The monoisotopic (exact) mass is 459 g/mol. The van der Waals surface area contributed by atoms with Gasteiger partial charge in [0.25, 0.3) is 5.91 Å². The van der Waals surface area contributed by atoms with Gasteiger partial charge < -0.3 is 11.1 Å². The van der Waals surface area contributed by atoms with E-state index in [1.807, 2.05) is 0 Å². The van der Waals surface area contributed by atoms with Gasteiger partial charge >= 0.3 is 0 Å². The molecule has 2 aromatic heterocycles. The van der Waals surface area contributed by atoms with Crippen LogP contribution in [-0.4, -0.2) is 31.5 Å². The van der Waals surface area contributed by atoms with E-state index in [-0.39, 0.29) is 16.9 Å². The summed E-state index contributed by atoms with van der Waals surface area (Å²) in [5, 5.41) is 19.0. The number of amides is 1. The molecule has 4 aromatic rings. The number of nitrogens with one attached hydrogen (secondary N) is 2. The highest BCUT2D eigenvalue weighted by atomic mass is 32.1. The van der Waals surface area contributed by atoms with Crippen molar-refractivity contribution in [2.75, 3.05) is 11.1 Å². The zero-order chi connectivity index (χ0) is 22.8. The Morgan fingerprint density at radius 2 is 2.09 bits per heavy atom. The fourth-order valence-electron chi connectivity index (χ4n) is 3.44. The lowest BCUT2D eigenvalue weighted by Crippen LogP contribution is -2.15. The second kappa shape index (κ2) is 8.80. The SMILES string of the molecule is Nc1cc(-c2nn[nH]n2)ccc1C(=O)Nc1cc(C#Cc2nc(C3CCC3)cs2)ccc1F. The lowest BCUT2D eigenvalue weighted by Gasteiger charge is -2.22. The summed E-state index contributed by atoms with van der Waals surface area (Å²) in [4.78, 5) is 17.3. The Labute approximate surface area is 192 Å².